The number of nitrogens with zero attached hydrogens (tertiary/aromatic N) is 4. The largest absolute Gasteiger partial charge is 0.401 e. The zero-order chi connectivity index (χ0) is 21.5. The first kappa shape index (κ1) is 21.7. The molecular weight excluding hydrogens is 378 g/mol. The van der Waals surface area contributed by atoms with Gasteiger partial charge in [-0.05, 0) is 31.9 Å². The van der Waals surface area contributed by atoms with E-state index < -0.39 is 0 Å². The van der Waals surface area contributed by atoms with Crippen LogP contribution >= 0.6 is 0 Å². The lowest BCUT2D eigenvalue weighted by molar-refractivity contribution is 0.0218. The molecule has 0 atom stereocenters. The first-order chi connectivity index (χ1) is 14.4. The van der Waals surface area contributed by atoms with Crippen molar-refractivity contribution in [1.82, 2.24) is 14.8 Å². The number of piperazine rings is 1. The summed E-state index contributed by atoms with van der Waals surface area (Å²) in [6.07, 6.45) is 3.82. The number of allylic oxidation sites excluding steroid dienone is 1. The third-order valence-corrected chi connectivity index (χ3v) is 5.31. The quantitative estimate of drug-likeness (QED) is 0.385. The van der Waals surface area contributed by atoms with Gasteiger partial charge in [0.2, 0.25) is 0 Å². The second-order valence-corrected chi connectivity index (χ2v) is 7.57. The van der Waals surface area contributed by atoms with E-state index in [1.165, 1.54) is 0 Å². The predicted molar refractivity (Wildman–Crippen MR) is 120 cm³/mol. The topological polar surface area (TPSA) is 119 Å². The highest BCUT2D eigenvalue weighted by Gasteiger charge is 2.27. The van der Waals surface area contributed by atoms with Gasteiger partial charge in [0.15, 0.2) is 0 Å². The lowest BCUT2D eigenvalue weighted by atomic mass is 10.1. The maximum absolute atomic E-state index is 6.19. The zero-order valence-corrected chi connectivity index (χ0v) is 17.6. The zero-order valence-electron chi connectivity index (χ0n) is 17.6. The van der Waals surface area contributed by atoms with E-state index >= 15 is 0 Å². The fourth-order valence-electron chi connectivity index (χ4n) is 3.71. The van der Waals surface area contributed by atoms with Crippen LogP contribution in [0.5, 0.6) is 0 Å². The number of pyridine rings is 1. The Bertz CT molecular complexity index is 861. The van der Waals surface area contributed by atoms with E-state index in [4.69, 9.17) is 21.9 Å². The minimum absolute atomic E-state index is 0.228. The summed E-state index contributed by atoms with van der Waals surface area (Å²) in [6.45, 7) is 10.8. The maximum Gasteiger partial charge on any atom is 0.148 e. The van der Waals surface area contributed by atoms with Gasteiger partial charge in [-0.1, -0.05) is 18.4 Å². The Labute approximate surface area is 178 Å². The molecule has 0 unspecified atom stereocenters. The van der Waals surface area contributed by atoms with Crippen molar-refractivity contribution in [2.24, 2.45) is 16.5 Å². The minimum atomic E-state index is 0.228. The van der Waals surface area contributed by atoms with E-state index in [9.17, 15) is 0 Å². The lowest BCUT2D eigenvalue weighted by Crippen LogP contribution is -2.53. The van der Waals surface area contributed by atoms with Crippen LogP contribution in [0.3, 0.4) is 0 Å². The van der Waals surface area contributed by atoms with Crippen molar-refractivity contribution < 1.29 is 4.74 Å². The third kappa shape index (κ3) is 5.75. The molecule has 0 spiro atoms. The molecule has 1 aromatic heterocycles. The van der Waals surface area contributed by atoms with Gasteiger partial charge in [-0.25, -0.2) is 9.98 Å². The Morgan fingerprint density at radius 1 is 1.20 bits per heavy atom. The van der Waals surface area contributed by atoms with Crippen molar-refractivity contribution in [3.8, 4) is 11.8 Å². The number of nitrogen functional groups attached to an aromatic ring is 1. The second kappa shape index (κ2) is 10.1. The lowest BCUT2D eigenvalue weighted by Gasteiger charge is -2.41. The van der Waals surface area contributed by atoms with Gasteiger partial charge in [0.1, 0.15) is 17.5 Å². The van der Waals surface area contributed by atoms with Crippen molar-refractivity contribution in [1.29, 1.82) is 0 Å². The summed E-state index contributed by atoms with van der Waals surface area (Å²) >= 11 is 0. The van der Waals surface area contributed by atoms with Crippen LogP contribution in [0.15, 0.2) is 47.0 Å². The summed E-state index contributed by atoms with van der Waals surface area (Å²) in [7, 11) is 0. The average Bonchev–Trinajstić information content (AvgIpc) is 2.74. The van der Waals surface area contributed by atoms with Gasteiger partial charge < -0.3 is 26.8 Å². The van der Waals surface area contributed by atoms with E-state index in [1.54, 1.807) is 12.3 Å². The van der Waals surface area contributed by atoms with Crippen LogP contribution in [0.4, 0.5) is 5.82 Å². The number of aliphatic imine (C=N–C) groups is 1. The second-order valence-electron chi connectivity index (χ2n) is 7.57. The molecule has 2 aliphatic heterocycles. The average molecular weight is 410 g/mol. The number of ether oxygens (including phenoxy) is 1. The summed E-state index contributed by atoms with van der Waals surface area (Å²) < 4.78 is 5.49. The van der Waals surface area contributed by atoms with Gasteiger partial charge in [0.05, 0.1) is 5.57 Å². The monoisotopic (exact) mass is 409 g/mol. The molecule has 30 heavy (non-hydrogen) atoms. The van der Waals surface area contributed by atoms with Gasteiger partial charge in [-0.3, -0.25) is 4.90 Å². The van der Waals surface area contributed by atoms with Crippen LogP contribution in [-0.4, -0.2) is 66.1 Å². The van der Waals surface area contributed by atoms with Crippen LogP contribution in [0.25, 0.3) is 0 Å². The fourth-order valence-corrected chi connectivity index (χ4v) is 3.71. The van der Waals surface area contributed by atoms with Crippen LogP contribution in [0.2, 0.25) is 0 Å². The SMILES string of the molecule is C=C(N)N=C(/C(C#Cc1ccc(N)nc1)=C(/C)N)N1CCN(C2CCOCC2)CC1. The third-order valence-electron chi connectivity index (χ3n) is 5.31. The van der Waals surface area contributed by atoms with E-state index in [0.717, 1.165) is 57.8 Å². The van der Waals surface area contributed by atoms with Gasteiger partial charge in [-0.2, -0.15) is 0 Å². The Hall–Kier alpha value is -3.02. The van der Waals surface area contributed by atoms with Gasteiger partial charge in [0, 0.05) is 62.9 Å². The highest BCUT2D eigenvalue weighted by Crippen LogP contribution is 2.18. The molecule has 3 rings (SSSR count). The molecule has 2 saturated heterocycles. The van der Waals surface area contributed by atoms with Gasteiger partial charge in [0.25, 0.3) is 0 Å². The van der Waals surface area contributed by atoms with E-state index in [0.29, 0.717) is 29.0 Å². The van der Waals surface area contributed by atoms with Crippen molar-refractivity contribution in [2.75, 3.05) is 45.1 Å². The summed E-state index contributed by atoms with van der Waals surface area (Å²) in [4.78, 5) is 13.3. The van der Waals surface area contributed by atoms with Crippen molar-refractivity contribution >= 4 is 11.7 Å². The fraction of sp³-hybridized carbons (Fsp3) is 0.455. The molecule has 160 valence electrons. The predicted octanol–water partition coefficient (Wildman–Crippen LogP) is 0.873. The van der Waals surface area contributed by atoms with Crippen LogP contribution in [0, 0.1) is 11.8 Å². The first-order valence-electron chi connectivity index (χ1n) is 10.2. The molecular formula is C22H31N7O. The Balaban J connectivity index is 1.78. The molecule has 0 aromatic carbocycles. The van der Waals surface area contributed by atoms with E-state index in [1.807, 2.05) is 13.0 Å². The summed E-state index contributed by atoms with van der Waals surface area (Å²) in [5.41, 5.74) is 19.7. The molecule has 8 nitrogen and oxygen atoms in total. The molecule has 0 saturated carbocycles. The summed E-state index contributed by atoms with van der Waals surface area (Å²) in [6, 6.07) is 4.13. The van der Waals surface area contributed by atoms with Gasteiger partial charge >= 0.3 is 0 Å². The van der Waals surface area contributed by atoms with Crippen LogP contribution in [-0.2, 0) is 4.74 Å². The highest BCUT2D eigenvalue weighted by molar-refractivity contribution is 6.03. The normalized spacial score (nSPS) is 19.6. The van der Waals surface area contributed by atoms with Crippen molar-refractivity contribution in [3.05, 3.63) is 47.6 Å². The summed E-state index contributed by atoms with van der Waals surface area (Å²) in [5.74, 6) is 7.61. The Morgan fingerprint density at radius 3 is 2.47 bits per heavy atom. The smallest absolute Gasteiger partial charge is 0.148 e. The number of hydrogen-bond acceptors (Lipinski definition) is 7. The van der Waals surface area contributed by atoms with E-state index in [2.05, 4.69) is 38.2 Å². The highest BCUT2D eigenvalue weighted by atomic mass is 16.5. The first-order valence-corrected chi connectivity index (χ1v) is 10.2. The molecule has 3 heterocycles. The molecule has 2 fully saturated rings. The summed E-state index contributed by atoms with van der Waals surface area (Å²) in [5, 5.41) is 0. The van der Waals surface area contributed by atoms with Crippen molar-refractivity contribution in [3.63, 3.8) is 0 Å². The number of amidine groups is 1. The maximum atomic E-state index is 6.19. The minimum Gasteiger partial charge on any atom is -0.401 e. The molecule has 1 aromatic rings. The molecule has 2 aliphatic rings. The Morgan fingerprint density at radius 2 is 1.90 bits per heavy atom. The number of rotatable bonds is 3. The standard InChI is InChI=1S/C22H31N7O/c1-16(23)20(5-3-18-4-6-21(25)26-15-18)22(27-17(2)24)29-11-9-28(10-12-29)19-7-13-30-14-8-19/h4,6,15,19H,2,7-14,23-24H2,1H3,(H2,25,26)/b20-16-,27-22?. The van der Waals surface area contributed by atoms with Crippen LogP contribution in [0.1, 0.15) is 25.3 Å². The molecule has 0 amide bonds. The molecule has 0 radical (unpaired) electrons. The number of hydrogen-bond donors (Lipinski definition) is 3. The molecule has 6 N–H and O–H groups in total. The number of aromatic nitrogens is 1. The number of nitrogens with two attached hydrogens (primary N) is 3. The molecule has 0 aliphatic carbocycles. The molecule has 8 heteroatoms. The van der Waals surface area contributed by atoms with Gasteiger partial charge in [-0.15, -0.1) is 0 Å². The van der Waals surface area contributed by atoms with Crippen molar-refractivity contribution in [2.45, 2.75) is 25.8 Å². The van der Waals surface area contributed by atoms with Crippen LogP contribution < -0.4 is 17.2 Å². The van der Waals surface area contributed by atoms with E-state index in [-0.39, 0.29) is 5.82 Å². The number of anilines is 1. The Kier molecular flexibility index (Phi) is 7.33. The molecule has 0 bridgehead atoms.